The molecule has 1 aromatic carbocycles. The molecule has 0 aliphatic heterocycles. The minimum Gasteiger partial charge on any atom is -0.391 e. The lowest BCUT2D eigenvalue weighted by molar-refractivity contribution is 0.0681. The SMILES string of the molecule is CN(CC(O)Cc1ccccc1)C(=O)c1cncc(C#Cc2cnn(C)c2C2CC2)c1. The molecule has 1 aliphatic rings. The number of likely N-dealkylation sites (N-methyl/N-ethyl adjacent to an activating group) is 1. The number of carbonyl (C=O) groups excluding carboxylic acids is 1. The summed E-state index contributed by atoms with van der Waals surface area (Å²) in [4.78, 5) is 18.5. The first-order chi connectivity index (χ1) is 15.0. The highest BCUT2D eigenvalue weighted by atomic mass is 16.3. The summed E-state index contributed by atoms with van der Waals surface area (Å²) in [6.45, 7) is 0.240. The molecule has 1 N–H and O–H groups in total. The van der Waals surface area contributed by atoms with Gasteiger partial charge in [0, 0.05) is 50.9 Å². The quantitative estimate of drug-likeness (QED) is 0.630. The van der Waals surface area contributed by atoms with Gasteiger partial charge in [0.05, 0.1) is 29.1 Å². The molecule has 6 nitrogen and oxygen atoms in total. The van der Waals surface area contributed by atoms with E-state index in [1.165, 1.54) is 29.6 Å². The first-order valence-corrected chi connectivity index (χ1v) is 10.5. The van der Waals surface area contributed by atoms with Crippen LogP contribution in [0.2, 0.25) is 0 Å². The molecule has 6 heteroatoms. The topological polar surface area (TPSA) is 71.2 Å². The minimum absolute atomic E-state index is 0.191. The number of hydrogen-bond acceptors (Lipinski definition) is 4. The first kappa shape index (κ1) is 20.8. The van der Waals surface area contributed by atoms with Crippen LogP contribution in [0, 0.1) is 11.8 Å². The molecule has 1 saturated carbocycles. The third-order valence-corrected chi connectivity index (χ3v) is 5.42. The number of pyridine rings is 1. The summed E-state index contributed by atoms with van der Waals surface area (Å²) >= 11 is 0. The number of benzene rings is 1. The largest absolute Gasteiger partial charge is 0.391 e. The van der Waals surface area contributed by atoms with Crippen molar-refractivity contribution >= 4 is 5.91 Å². The van der Waals surface area contributed by atoms with Gasteiger partial charge in [0.2, 0.25) is 0 Å². The highest BCUT2D eigenvalue weighted by Gasteiger charge is 2.28. The lowest BCUT2D eigenvalue weighted by Gasteiger charge is -2.21. The van der Waals surface area contributed by atoms with Crippen LogP contribution in [-0.4, -0.2) is 50.4 Å². The highest BCUT2D eigenvalue weighted by molar-refractivity contribution is 5.94. The van der Waals surface area contributed by atoms with Crippen molar-refractivity contribution in [2.75, 3.05) is 13.6 Å². The molecule has 1 aliphatic carbocycles. The Morgan fingerprint density at radius 3 is 2.74 bits per heavy atom. The fourth-order valence-electron chi connectivity index (χ4n) is 3.72. The summed E-state index contributed by atoms with van der Waals surface area (Å²) in [5, 5.41) is 14.7. The number of aromatic nitrogens is 3. The maximum absolute atomic E-state index is 12.8. The van der Waals surface area contributed by atoms with Crippen LogP contribution in [0.15, 0.2) is 55.0 Å². The normalized spacial score (nSPS) is 13.9. The Hall–Kier alpha value is -3.43. The number of aliphatic hydroxyl groups excluding tert-OH is 1. The molecule has 3 aromatic rings. The van der Waals surface area contributed by atoms with Crippen molar-refractivity contribution in [3.63, 3.8) is 0 Å². The fraction of sp³-hybridized carbons (Fsp3) is 0.320. The summed E-state index contributed by atoms with van der Waals surface area (Å²) in [6, 6.07) is 11.5. The van der Waals surface area contributed by atoms with Gasteiger partial charge in [0.15, 0.2) is 0 Å². The summed E-state index contributed by atoms with van der Waals surface area (Å²) in [7, 11) is 3.63. The van der Waals surface area contributed by atoms with Crippen molar-refractivity contribution in [1.82, 2.24) is 19.7 Å². The van der Waals surface area contributed by atoms with Gasteiger partial charge in [0.25, 0.3) is 5.91 Å². The second-order valence-electron chi connectivity index (χ2n) is 8.08. The Morgan fingerprint density at radius 2 is 2.00 bits per heavy atom. The van der Waals surface area contributed by atoms with Gasteiger partial charge in [-0.1, -0.05) is 42.2 Å². The third-order valence-electron chi connectivity index (χ3n) is 5.42. The number of aryl methyl sites for hydroxylation is 1. The maximum atomic E-state index is 12.8. The predicted molar refractivity (Wildman–Crippen MR) is 119 cm³/mol. The lowest BCUT2D eigenvalue weighted by Crippen LogP contribution is -2.35. The van der Waals surface area contributed by atoms with E-state index in [0.717, 1.165) is 11.1 Å². The van der Waals surface area contributed by atoms with Gasteiger partial charge in [0.1, 0.15) is 0 Å². The lowest BCUT2D eigenvalue weighted by atomic mass is 10.1. The molecule has 1 fully saturated rings. The van der Waals surface area contributed by atoms with Gasteiger partial charge >= 0.3 is 0 Å². The molecule has 4 rings (SSSR count). The molecule has 1 amide bonds. The second-order valence-corrected chi connectivity index (χ2v) is 8.08. The number of nitrogens with zero attached hydrogens (tertiary/aromatic N) is 4. The predicted octanol–water partition coefficient (Wildman–Crippen LogP) is 2.77. The van der Waals surface area contributed by atoms with Crippen LogP contribution in [0.4, 0.5) is 0 Å². The van der Waals surface area contributed by atoms with E-state index in [-0.39, 0.29) is 12.5 Å². The minimum atomic E-state index is -0.640. The van der Waals surface area contributed by atoms with Crippen molar-refractivity contribution in [3.8, 4) is 11.8 Å². The number of amides is 1. The molecule has 1 unspecified atom stereocenters. The van der Waals surface area contributed by atoms with Gasteiger partial charge in [-0.15, -0.1) is 0 Å². The van der Waals surface area contributed by atoms with Gasteiger partial charge in [-0.05, 0) is 24.5 Å². The molecule has 2 heterocycles. The smallest absolute Gasteiger partial charge is 0.255 e. The van der Waals surface area contributed by atoms with Crippen molar-refractivity contribution < 1.29 is 9.90 Å². The molecule has 2 aromatic heterocycles. The Labute approximate surface area is 182 Å². The Kier molecular flexibility index (Phi) is 6.15. The monoisotopic (exact) mass is 414 g/mol. The zero-order valence-corrected chi connectivity index (χ0v) is 17.8. The van der Waals surface area contributed by atoms with Crippen LogP contribution in [0.3, 0.4) is 0 Å². The van der Waals surface area contributed by atoms with E-state index < -0.39 is 6.10 Å². The van der Waals surface area contributed by atoms with E-state index >= 15 is 0 Å². The van der Waals surface area contributed by atoms with Crippen molar-refractivity contribution in [2.24, 2.45) is 7.05 Å². The van der Waals surface area contributed by atoms with E-state index in [1.54, 1.807) is 25.5 Å². The number of carbonyl (C=O) groups is 1. The summed E-state index contributed by atoms with van der Waals surface area (Å²) in [6.07, 6.45) is 7.21. The van der Waals surface area contributed by atoms with Crippen molar-refractivity contribution in [2.45, 2.75) is 31.3 Å². The average Bonchev–Trinajstić information content (AvgIpc) is 3.54. The van der Waals surface area contributed by atoms with Crippen molar-refractivity contribution in [1.29, 1.82) is 0 Å². The van der Waals surface area contributed by atoms with Crippen LogP contribution < -0.4 is 0 Å². The van der Waals surface area contributed by atoms with Gasteiger partial charge < -0.3 is 10.0 Å². The van der Waals surface area contributed by atoms with E-state index in [4.69, 9.17) is 0 Å². The second kappa shape index (κ2) is 9.15. The summed E-state index contributed by atoms with van der Waals surface area (Å²) in [5.41, 5.74) is 4.28. The molecule has 1 atom stereocenters. The Morgan fingerprint density at radius 1 is 1.23 bits per heavy atom. The van der Waals surface area contributed by atoms with Crippen LogP contribution in [0.1, 0.15) is 51.5 Å². The van der Waals surface area contributed by atoms with Crippen LogP contribution >= 0.6 is 0 Å². The van der Waals surface area contributed by atoms with Gasteiger partial charge in [-0.25, -0.2) is 0 Å². The van der Waals surface area contributed by atoms with Crippen LogP contribution in [0.25, 0.3) is 0 Å². The Bertz CT molecular complexity index is 1120. The molecule has 0 saturated heterocycles. The molecule has 0 bridgehead atoms. The van der Waals surface area contributed by atoms with Crippen LogP contribution in [-0.2, 0) is 13.5 Å². The van der Waals surface area contributed by atoms with Crippen molar-refractivity contribution in [3.05, 3.63) is 82.9 Å². The zero-order valence-electron chi connectivity index (χ0n) is 17.8. The molecule has 0 radical (unpaired) electrons. The highest BCUT2D eigenvalue weighted by Crippen LogP contribution is 2.41. The standard InChI is InChI=1S/C25H26N4O2/c1-28(17-23(30)13-18-6-4-3-5-7-18)25(31)22-12-19(14-26-15-22)8-9-21-16-27-29(2)24(21)20-10-11-20/h3-7,12,14-16,20,23,30H,10-11,13,17H2,1-2H3. The van der Waals surface area contributed by atoms with Gasteiger partial charge in [-0.2, -0.15) is 5.10 Å². The molecule has 0 spiro atoms. The summed E-state index contributed by atoms with van der Waals surface area (Å²) in [5.74, 6) is 6.67. The van der Waals surface area contributed by atoms with E-state index in [1.807, 2.05) is 42.1 Å². The first-order valence-electron chi connectivity index (χ1n) is 10.5. The van der Waals surface area contributed by atoms with Crippen LogP contribution in [0.5, 0.6) is 0 Å². The molecule has 158 valence electrons. The van der Waals surface area contributed by atoms with E-state index in [0.29, 0.717) is 23.5 Å². The molecule has 31 heavy (non-hydrogen) atoms. The van der Waals surface area contributed by atoms with E-state index in [2.05, 4.69) is 21.9 Å². The third kappa shape index (κ3) is 5.19. The zero-order chi connectivity index (χ0) is 21.8. The number of aliphatic hydroxyl groups is 1. The molecular weight excluding hydrogens is 388 g/mol. The Balaban J connectivity index is 1.42. The number of rotatable bonds is 6. The molecular formula is C25H26N4O2. The average molecular weight is 415 g/mol. The van der Waals surface area contributed by atoms with E-state index in [9.17, 15) is 9.90 Å². The fourth-order valence-corrected chi connectivity index (χ4v) is 3.72. The number of hydrogen-bond donors (Lipinski definition) is 1. The maximum Gasteiger partial charge on any atom is 0.255 e. The summed E-state index contributed by atoms with van der Waals surface area (Å²) < 4.78 is 1.90. The van der Waals surface area contributed by atoms with Gasteiger partial charge in [-0.3, -0.25) is 14.5 Å².